The molecule has 1 aliphatic heterocycles. The van der Waals surface area contributed by atoms with Crippen molar-refractivity contribution in [1.82, 2.24) is 10.2 Å². The number of hydrogen-bond acceptors (Lipinski definition) is 4. The number of benzene rings is 1. The van der Waals surface area contributed by atoms with Gasteiger partial charge in [0, 0.05) is 43.1 Å². The monoisotopic (exact) mass is 484 g/mol. The van der Waals surface area contributed by atoms with E-state index in [4.69, 9.17) is 9.73 Å². The van der Waals surface area contributed by atoms with E-state index in [0.717, 1.165) is 59.4 Å². The van der Waals surface area contributed by atoms with E-state index < -0.39 is 17.7 Å². The highest BCUT2D eigenvalue weighted by molar-refractivity contribution is 6.02. The zero-order valence-electron chi connectivity index (χ0n) is 20.7. The van der Waals surface area contributed by atoms with Gasteiger partial charge in [-0.25, -0.2) is 0 Å². The Kier molecular flexibility index (Phi) is 6.51. The van der Waals surface area contributed by atoms with Crippen molar-refractivity contribution in [2.45, 2.75) is 64.7 Å². The first-order valence-corrected chi connectivity index (χ1v) is 12.8. The van der Waals surface area contributed by atoms with Gasteiger partial charge in [-0.15, -0.1) is 0 Å². The van der Waals surface area contributed by atoms with E-state index >= 15 is 8.78 Å². The fourth-order valence-corrected chi connectivity index (χ4v) is 5.48. The van der Waals surface area contributed by atoms with Gasteiger partial charge in [0.1, 0.15) is 5.69 Å². The number of nitrogens with one attached hydrogen (secondary N) is 1. The van der Waals surface area contributed by atoms with Crippen LogP contribution in [0.25, 0.3) is 0 Å². The van der Waals surface area contributed by atoms with Gasteiger partial charge in [-0.1, -0.05) is 19.4 Å². The number of halogens is 2. The van der Waals surface area contributed by atoms with Gasteiger partial charge in [0.25, 0.3) is 5.91 Å². The summed E-state index contributed by atoms with van der Waals surface area (Å²) >= 11 is 0. The van der Waals surface area contributed by atoms with Gasteiger partial charge in [-0.05, 0) is 75.0 Å². The van der Waals surface area contributed by atoms with E-state index in [9.17, 15) is 4.79 Å². The van der Waals surface area contributed by atoms with Crippen LogP contribution in [0.3, 0.4) is 0 Å². The highest BCUT2D eigenvalue weighted by Gasteiger charge is 2.49. The average molecular weight is 485 g/mol. The van der Waals surface area contributed by atoms with E-state index in [2.05, 4.69) is 17.1 Å². The van der Waals surface area contributed by atoms with Crippen LogP contribution in [0.15, 0.2) is 23.2 Å². The Morgan fingerprint density at radius 1 is 1.26 bits per heavy atom. The van der Waals surface area contributed by atoms with Gasteiger partial charge < -0.3 is 9.64 Å². The van der Waals surface area contributed by atoms with Crippen molar-refractivity contribution >= 4 is 23.0 Å². The molecule has 8 heteroatoms. The molecular weight excluding hydrogens is 450 g/mol. The number of fused-ring (bicyclic) bond motifs is 2. The number of ether oxygens (including phenoxy) is 1. The molecule has 6 nitrogen and oxygen atoms in total. The van der Waals surface area contributed by atoms with E-state index in [1.165, 1.54) is 24.7 Å². The molecule has 1 aromatic heterocycles. The molecule has 3 aliphatic rings. The number of H-pyrrole nitrogens is 1. The summed E-state index contributed by atoms with van der Waals surface area (Å²) in [6.45, 7) is 4.58. The summed E-state index contributed by atoms with van der Waals surface area (Å²) < 4.78 is 35.2. The number of aromatic nitrogens is 2. The third kappa shape index (κ3) is 4.65. The van der Waals surface area contributed by atoms with Crippen LogP contribution >= 0.6 is 0 Å². The summed E-state index contributed by atoms with van der Waals surface area (Å²) in [5, 5.41) is 7.88. The van der Waals surface area contributed by atoms with Crippen LogP contribution in [0.1, 0.15) is 61.5 Å². The third-order valence-corrected chi connectivity index (χ3v) is 7.87. The number of carbonyl (C=O) groups is 1. The van der Waals surface area contributed by atoms with Crippen molar-refractivity contribution in [3.8, 4) is 0 Å². The number of rotatable bonds is 7. The summed E-state index contributed by atoms with van der Waals surface area (Å²) in [5.74, 6) is -4.05. The van der Waals surface area contributed by atoms with Crippen molar-refractivity contribution in [2.24, 2.45) is 22.7 Å². The summed E-state index contributed by atoms with van der Waals surface area (Å²) in [6.07, 6.45) is 5.47. The zero-order valence-corrected chi connectivity index (χ0v) is 20.7. The first-order chi connectivity index (χ1) is 16.8. The summed E-state index contributed by atoms with van der Waals surface area (Å²) in [4.78, 5) is 18.9. The molecule has 1 saturated carbocycles. The van der Waals surface area contributed by atoms with E-state index in [1.807, 2.05) is 13.0 Å². The summed E-state index contributed by atoms with van der Waals surface area (Å²) in [6, 6.07) is 5.28. The lowest BCUT2D eigenvalue weighted by atomic mass is 9.92. The van der Waals surface area contributed by atoms with Gasteiger partial charge in [0.15, 0.2) is 0 Å². The Hall–Kier alpha value is -2.61. The molecule has 1 amide bonds. The van der Waals surface area contributed by atoms with Crippen molar-refractivity contribution in [3.05, 3.63) is 40.7 Å². The summed E-state index contributed by atoms with van der Waals surface area (Å²) in [5.41, 5.74) is 6.37. The van der Waals surface area contributed by atoms with E-state index in [-0.39, 0.29) is 26.1 Å². The SMILES string of the molecule is CCC/C(=N\c1cc(N(C)C(=O)C(F)(F)C2CCOCC2)ccc1C)c1n[nH]c2c1CC1CC1C2. The zero-order chi connectivity index (χ0) is 24.7. The van der Waals surface area contributed by atoms with Gasteiger partial charge in [-0.2, -0.15) is 13.9 Å². The second kappa shape index (κ2) is 9.45. The molecule has 188 valence electrons. The molecule has 2 fully saturated rings. The molecule has 0 radical (unpaired) electrons. The second-order valence-electron chi connectivity index (χ2n) is 10.3. The number of aromatic amines is 1. The average Bonchev–Trinajstić information content (AvgIpc) is 3.51. The molecular formula is C27H34F2N4O2. The number of aliphatic imine (C=N–C) groups is 1. The number of anilines is 1. The predicted molar refractivity (Wildman–Crippen MR) is 132 cm³/mol. The normalized spacial score (nSPS) is 22.5. The lowest BCUT2D eigenvalue weighted by Crippen LogP contribution is -2.48. The van der Waals surface area contributed by atoms with Crippen LogP contribution in [-0.2, 0) is 22.4 Å². The Bertz CT molecular complexity index is 1140. The van der Waals surface area contributed by atoms with Crippen LogP contribution in [0, 0.1) is 24.7 Å². The number of nitrogens with zero attached hydrogens (tertiary/aromatic N) is 3. The molecule has 2 atom stereocenters. The third-order valence-electron chi connectivity index (χ3n) is 7.87. The van der Waals surface area contributed by atoms with E-state index in [0.29, 0.717) is 11.4 Å². The number of alkyl halides is 2. The summed E-state index contributed by atoms with van der Waals surface area (Å²) in [7, 11) is 1.41. The van der Waals surface area contributed by atoms with E-state index in [1.54, 1.807) is 12.1 Å². The molecule has 2 aromatic rings. The fourth-order valence-electron chi connectivity index (χ4n) is 5.48. The highest BCUT2D eigenvalue weighted by Crippen LogP contribution is 2.48. The topological polar surface area (TPSA) is 70.6 Å². The minimum absolute atomic E-state index is 0.186. The quantitative estimate of drug-likeness (QED) is 0.535. The molecule has 2 unspecified atom stereocenters. The van der Waals surface area contributed by atoms with Gasteiger partial charge >= 0.3 is 5.92 Å². The molecule has 2 heterocycles. The van der Waals surface area contributed by atoms with Gasteiger partial charge in [0.05, 0.1) is 11.4 Å². The Labute approximate surface area is 205 Å². The molecule has 5 rings (SSSR count). The minimum Gasteiger partial charge on any atom is -0.381 e. The van der Waals surface area contributed by atoms with Crippen molar-refractivity contribution < 1.29 is 18.3 Å². The molecule has 1 aromatic carbocycles. The number of amides is 1. The van der Waals surface area contributed by atoms with Crippen LogP contribution in [0.2, 0.25) is 0 Å². The first-order valence-electron chi connectivity index (χ1n) is 12.8. The maximum absolute atomic E-state index is 15.0. The molecule has 0 bridgehead atoms. The largest absolute Gasteiger partial charge is 0.381 e. The molecule has 0 spiro atoms. The number of aryl methyl sites for hydroxylation is 1. The predicted octanol–water partition coefficient (Wildman–Crippen LogP) is 5.40. The van der Waals surface area contributed by atoms with Gasteiger partial charge in [0.2, 0.25) is 0 Å². The number of hydrogen-bond donors (Lipinski definition) is 1. The number of carbonyl (C=O) groups excluding carboxylic acids is 1. The molecule has 35 heavy (non-hydrogen) atoms. The van der Waals surface area contributed by atoms with Crippen LogP contribution in [0.5, 0.6) is 0 Å². The maximum atomic E-state index is 15.0. The Balaban J connectivity index is 1.43. The lowest BCUT2D eigenvalue weighted by Gasteiger charge is -2.32. The van der Waals surface area contributed by atoms with Crippen LogP contribution in [-0.4, -0.2) is 48.0 Å². The highest BCUT2D eigenvalue weighted by atomic mass is 19.3. The maximum Gasteiger partial charge on any atom is 0.328 e. The first kappa shape index (κ1) is 24.1. The molecule has 1 N–H and O–H groups in total. The Morgan fingerprint density at radius 3 is 2.74 bits per heavy atom. The molecule has 2 aliphatic carbocycles. The van der Waals surface area contributed by atoms with Crippen molar-refractivity contribution in [1.29, 1.82) is 0 Å². The van der Waals surface area contributed by atoms with Crippen molar-refractivity contribution in [3.63, 3.8) is 0 Å². The Morgan fingerprint density at radius 2 is 2.00 bits per heavy atom. The minimum atomic E-state index is -3.44. The van der Waals surface area contributed by atoms with Crippen LogP contribution < -0.4 is 4.90 Å². The standard InChI is InChI=1S/C27H34F2N4O2/c1-4-5-22(25-21-13-17-12-18(17)14-24(21)31-32-25)30-23-15-20(7-6-16(23)2)33(3)26(34)27(28,29)19-8-10-35-11-9-19/h6-7,15,17-19H,4-5,8-14H2,1-3H3,(H,31,32)/b30-22+. The smallest absolute Gasteiger partial charge is 0.328 e. The lowest BCUT2D eigenvalue weighted by molar-refractivity contribution is -0.156. The van der Waals surface area contributed by atoms with Gasteiger partial charge in [-0.3, -0.25) is 14.9 Å². The fraction of sp³-hybridized carbons (Fsp3) is 0.593. The van der Waals surface area contributed by atoms with Crippen LogP contribution in [0.4, 0.5) is 20.2 Å². The second-order valence-corrected chi connectivity index (χ2v) is 10.3. The molecule has 1 saturated heterocycles. The van der Waals surface area contributed by atoms with Crippen molar-refractivity contribution in [2.75, 3.05) is 25.2 Å².